The lowest BCUT2D eigenvalue weighted by molar-refractivity contribution is -0.163. The van der Waals surface area contributed by atoms with Gasteiger partial charge in [0.1, 0.15) is 0 Å². The molecule has 5 heteroatoms. The van der Waals surface area contributed by atoms with Crippen molar-refractivity contribution < 1.29 is 19.1 Å². The third kappa shape index (κ3) is 5.32. The van der Waals surface area contributed by atoms with Crippen molar-refractivity contribution in [1.29, 1.82) is 0 Å². The van der Waals surface area contributed by atoms with Crippen LogP contribution in [0.25, 0.3) is 0 Å². The highest BCUT2D eigenvalue weighted by atomic mass is 16.6. The van der Waals surface area contributed by atoms with E-state index in [1.807, 2.05) is 60.7 Å². The molecule has 0 aliphatic carbocycles. The van der Waals surface area contributed by atoms with Crippen molar-refractivity contribution >= 4 is 17.7 Å². The lowest BCUT2D eigenvalue weighted by atomic mass is 9.93. The molecule has 0 bridgehead atoms. The summed E-state index contributed by atoms with van der Waals surface area (Å²) in [6.07, 6.45) is -0.135. The van der Waals surface area contributed by atoms with Gasteiger partial charge in [0.25, 0.3) is 5.54 Å². The standard InChI is InChI=1S/C24H25NO4/c1-4-7-18-24(22(26)28-5-2,23(27)29-6-3)25-21(19-14-10-8-11-15-19)20-16-12-9-13-17-20/h8-17H,5-6,18H2,1-3H3. The van der Waals surface area contributed by atoms with Gasteiger partial charge in [-0.25, -0.2) is 9.59 Å². The fourth-order valence-electron chi connectivity index (χ4n) is 2.75. The highest BCUT2D eigenvalue weighted by molar-refractivity contribution is 6.16. The number of nitrogens with zero attached hydrogens (tertiary/aromatic N) is 1. The third-order valence-electron chi connectivity index (χ3n) is 4.14. The number of benzene rings is 2. The first-order valence-corrected chi connectivity index (χ1v) is 9.53. The van der Waals surface area contributed by atoms with Gasteiger partial charge in [0, 0.05) is 11.1 Å². The summed E-state index contributed by atoms with van der Waals surface area (Å²) in [5.41, 5.74) is 0.114. The van der Waals surface area contributed by atoms with Crippen molar-refractivity contribution in [3.05, 3.63) is 71.8 Å². The van der Waals surface area contributed by atoms with Crippen molar-refractivity contribution in [2.45, 2.75) is 32.7 Å². The second-order valence-corrected chi connectivity index (χ2v) is 6.10. The Balaban J connectivity index is 2.78. The normalized spacial score (nSPS) is 10.3. The van der Waals surface area contributed by atoms with E-state index in [2.05, 4.69) is 16.8 Å². The molecular weight excluding hydrogens is 366 g/mol. The Morgan fingerprint density at radius 2 is 1.31 bits per heavy atom. The second kappa shape index (κ2) is 10.8. The summed E-state index contributed by atoms with van der Waals surface area (Å²) in [5, 5.41) is 0. The highest BCUT2D eigenvalue weighted by Crippen LogP contribution is 2.25. The topological polar surface area (TPSA) is 65.0 Å². The Labute approximate surface area is 171 Å². The van der Waals surface area contributed by atoms with Gasteiger partial charge in [0.05, 0.1) is 25.3 Å². The Morgan fingerprint density at radius 3 is 1.69 bits per heavy atom. The predicted molar refractivity (Wildman–Crippen MR) is 113 cm³/mol. The maximum Gasteiger partial charge on any atom is 0.346 e. The monoisotopic (exact) mass is 391 g/mol. The molecule has 0 spiro atoms. The minimum Gasteiger partial charge on any atom is -0.464 e. The van der Waals surface area contributed by atoms with Crippen LogP contribution < -0.4 is 0 Å². The van der Waals surface area contributed by atoms with E-state index in [-0.39, 0.29) is 19.6 Å². The van der Waals surface area contributed by atoms with Crippen LogP contribution in [0, 0.1) is 11.8 Å². The molecule has 150 valence electrons. The largest absolute Gasteiger partial charge is 0.464 e. The molecule has 0 amide bonds. The zero-order valence-electron chi connectivity index (χ0n) is 17.0. The van der Waals surface area contributed by atoms with Crippen LogP contribution in [0.3, 0.4) is 0 Å². The van der Waals surface area contributed by atoms with E-state index in [9.17, 15) is 9.59 Å². The molecule has 2 aromatic carbocycles. The van der Waals surface area contributed by atoms with Crippen molar-refractivity contribution in [2.75, 3.05) is 13.2 Å². The Morgan fingerprint density at radius 1 is 0.862 bits per heavy atom. The SMILES string of the molecule is CC#CCC(N=C(c1ccccc1)c1ccccc1)(C(=O)OCC)C(=O)OCC. The van der Waals surface area contributed by atoms with Gasteiger partial charge in [-0.3, -0.25) is 4.99 Å². The van der Waals surface area contributed by atoms with Crippen LogP contribution in [-0.4, -0.2) is 36.4 Å². The van der Waals surface area contributed by atoms with Gasteiger partial charge < -0.3 is 9.47 Å². The third-order valence-corrected chi connectivity index (χ3v) is 4.14. The number of aliphatic imine (C=N–C) groups is 1. The molecule has 29 heavy (non-hydrogen) atoms. The van der Waals surface area contributed by atoms with Gasteiger partial charge in [0.2, 0.25) is 0 Å². The van der Waals surface area contributed by atoms with Crippen LogP contribution >= 0.6 is 0 Å². The molecule has 2 aromatic rings. The molecule has 0 aliphatic rings. The molecule has 0 heterocycles. The number of ether oxygens (including phenoxy) is 2. The zero-order valence-corrected chi connectivity index (χ0v) is 17.0. The first-order valence-electron chi connectivity index (χ1n) is 9.53. The van der Waals surface area contributed by atoms with Gasteiger partial charge in [-0.1, -0.05) is 66.6 Å². The fourth-order valence-corrected chi connectivity index (χ4v) is 2.75. The zero-order chi connectivity index (χ0) is 21.1. The van der Waals surface area contributed by atoms with E-state index >= 15 is 0 Å². The minimum absolute atomic E-state index is 0.112. The van der Waals surface area contributed by atoms with Gasteiger partial charge >= 0.3 is 11.9 Å². The summed E-state index contributed by atoms with van der Waals surface area (Å²) in [6, 6.07) is 18.8. The van der Waals surface area contributed by atoms with Crippen LogP contribution in [0.4, 0.5) is 0 Å². The van der Waals surface area contributed by atoms with Crippen molar-refractivity contribution in [3.63, 3.8) is 0 Å². The van der Waals surface area contributed by atoms with Crippen LogP contribution in [0.15, 0.2) is 65.7 Å². The summed E-state index contributed by atoms with van der Waals surface area (Å²) in [4.78, 5) is 30.7. The Kier molecular flexibility index (Phi) is 8.17. The molecule has 5 nitrogen and oxygen atoms in total. The van der Waals surface area contributed by atoms with E-state index in [4.69, 9.17) is 9.47 Å². The van der Waals surface area contributed by atoms with Crippen molar-refractivity contribution in [2.24, 2.45) is 4.99 Å². The number of carbonyl (C=O) groups excluding carboxylic acids is 2. The molecule has 0 N–H and O–H groups in total. The predicted octanol–water partition coefficient (Wildman–Crippen LogP) is 3.80. The summed E-state index contributed by atoms with van der Waals surface area (Å²) in [5.74, 6) is 4.01. The number of hydrogen-bond acceptors (Lipinski definition) is 5. The lowest BCUT2D eigenvalue weighted by Gasteiger charge is -2.25. The number of hydrogen-bond donors (Lipinski definition) is 0. The number of esters is 2. The van der Waals surface area contributed by atoms with Gasteiger partial charge in [0.15, 0.2) is 0 Å². The second-order valence-electron chi connectivity index (χ2n) is 6.10. The minimum atomic E-state index is -1.91. The smallest absolute Gasteiger partial charge is 0.346 e. The molecule has 0 saturated carbocycles. The first kappa shape index (κ1) is 21.9. The Bertz CT molecular complexity index is 849. The molecule has 0 atom stereocenters. The van der Waals surface area contributed by atoms with Crippen LogP contribution in [0.5, 0.6) is 0 Å². The highest BCUT2D eigenvalue weighted by Gasteiger charge is 2.49. The summed E-state index contributed by atoms with van der Waals surface area (Å²) < 4.78 is 10.5. The molecule has 0 unspecified atom stereocenters. The van der Waals surface area contributed by atoms with E-state index in [0.717, 1.165) is 11.1 Å². The summed E-state index contributed by atoms with van der Waals surface area (Å²) in [7, 11) is 0. The Hall–Kier alpha value is -3.39. The molecule has 0 aromatic heterocycles. The molecule has 2 rings (SSSR count). The fraction of sp³-hybridized carbons (Fsp3) is 0.292. The molecule has 0 radical (unpaired) electrons. The number of rotatable bonds is 8. The average Bonchev–Trinajstić information content (AvgIpc) is 2.75. The van der Waals surface area contributed by atoms with Gasteiger partial charge in [-0.15, -0.1) is 5.92 Å². The summed E-state index contributed by atoms with van der Waals surface area (Å²) in [6.45, 7) is 5.22. The maximum absolute atomic E-state index is 13.0. The van der Waals surface area contributed by atoms with Crippen LogP contribution in [-0.2, 0) is 19.1 Å². The van der Waals surface area contributed by atoms with E-state index in [1.54, 1.807) is 20.8 Å². The molecule has 0 fully saturated rings. The molecule has 0 aliphatic heterocycles. The van der Waals surface area contributed by atoms with Gasteiger partial charge in [-0.2, -0.15) is 0 Å². The van der Waals surface area contributed by atoms with Crippen molar-refractivity contribution in [1.82, 2.24) is 0 Å². The quantitative estimate of drug-likeness (QED) is 0.297. The van der Waals surface area contributed by atoms with Gasteiger partial charge in [-0.05, 0) is 20.8 Å². The summed E-state index contributed by atoms with van der Waals surface area (Å²) >= 11 is 0. The molecular formula is C24H25NO4. The van der Waals surface area contributed by atoms with Crippen LogP contribution in [0.1, 0.15) is 38.3 Å². The average molecular weight is 391 g/mol. The lowest BCUT2D eigenvalue weighted by Crippen LogP contribution is -2.48. The van der Waals surface area contributed by atoms with E-state index in [1.165, 1.54) is 0 Å². The van der Waals surface area contributed by atoms with Crippen LogP contribution in [0.2, 0.25) is 0 Å². The van der Waals surface area contributed by atoms with Crippen molar-refractivity contribution in [3.8, 4) is 11.8 Å². The van der Waals surface area contributed by atoms with E-state index < -0.39 is 17.5 Å². The first-order chi connectivity index (χ1) is 14.1. The maximum atomic E-state index is 13.0. The van der Waals surface area contributed by atoms with E-state index in [0.29, 0.717) is 5.71 Å². The molecule has 0 saturated heterocycles. The number of carbonyl (C=O) groups is 2.